The summed E-state index contributed by atoms with van der Waals surface area (Å²) in [6.45, 7) is 2.82. The van der Waals surface area contributed by atoms with E-state index in [1.165, 1.54) is 25.3 Å². The number of rotatable bonds is 9. The lowest BCUT2D eigenvalue weighted by molar-refractivity contribution is -0.385. The van der Waals surface area contributed by atoms with Gasteiger partial charge in [0.05, 0.1) is 18.6 Å². The monoisotopic (exact) mass is 359 g/mol. The summed E-state index contributed by atoms with van der Waals surface area (Å²) in [6.07, 6.45) is 3.55. The molecule has 0 radical (unpaired) electrons. The van der Waals surface area contributed by atoms with Gasteiger partial charge < -0.3 is 14.8 Å². The standard InChI is InChI=1S/C18H21N3O5/c1-3-4-10-26-18-14(6-5-9-19-18)12-20-17(22)13-7-8-16(25-2)15(11-13)21(23)24/h5-9,11H,3-4,10,12H2,1-2H3,(H,20,22). The predicted molar refractivity (Wildman–Crippen MR) is 95.5 cm³/mol. The molecule has 0 aliphatic carbocycles. The molecule has 1 aromatic carbocycles. The van der Waals surface area contributed by atoms with Crippen LogP contribution in [0.4, 0.5) is 5.69 Å². The Balaban J connectivity index is 2.07. The molecule has 2 aromatic rings. The van der Waals surface area contributed by atoms with Gasteiger partial charge in [-0.05, 0) is 24.6 Å². The maximum Gasteiger partial charge on any atom is 0.311 e. The number of benzene rings is 1. The van der Waals surface area contributed by atoms with E-state index in [4.69, 9.17) is 9.47 Å². The number of carbonyl (C=O) groups is 1. The largest absolute Gasteiger partial charge is 0.490 e. The number of carbonyl (C=O) groups excluding carboxylic acids is 1. The fourth-order valence-corrected chi connectivity index (χ4v) is 2.25. The smallest absolute Gasteiger partial charge is 0.311 e. The zero-order valence-electron chi connectivity index (χ0n) is 14.7. The number of ether oxygens (including phenoxy) is 2. The van der Waals surface area contributed by atoms with Crippen LogP contribution in [0.1, 0.15) is 35.7 Å². The summed E-state index contributed by atoms with van der Waals surface area (Å²) in [7, 11) is 1.34. The van der Waals surface area contributed by atoms with Gasteiger partial charge in [-0.25, -0.2) is 4.98 Å². The quantitative estimate of drug-likeness (QED) is 0.419. The molecule has 0 saturated carbocycles. The van der Waals surface area contributed by atoms with Gasteiger partial charge in [-0.2, -0.15) is 0 Å². The van der Waals surface area contributed by atoms with Gasteiger partial charge in [-0.1, -0.05) is 19.4 Å². The summed E-state index contributed by atoms with van der Waals surface area (Å²) in [5, 5.41) is 13.8. The Labute approximate surface area is 151 Å². The first-order valence-corrected chi connectivity index (χ1v) is 8.24. The van der Waals surface area contributed by atoms with Crippen molar-refractivity contribution >= 4 is 11.6 Å². The Hall–Kier alpha value is -3.16. The predicted octanol–water partition coefficient (Wildman–Crippen LogP) is 3.11. The molecular weight excluding hydrogens is 338 g/mol. The van der Waals surface area contributed by atoms with E-state index in [9.17, 15) is 14.9 Å². The Bertz CT molecular complexity index is 779. The summed E-state index contributed by atoms with van der Waals surface area (Å²) in [5.41, 5.74) is 0.653. The average molecular weight is 359 g/mol. The zero-order valence-corrected chi connectivity index (χ0v) is 14.7. The maximum absolute atomic E-state index is 12.3. The van der Waals surface area contributed by atoms with Crippen LogP contribution in [-0.2, 0) is 6.54 Å². The Morgan fingerprint density at radius 1 is 1.35 bits per heavy atom. The number of nitrogens with zero attached hydrogens (tertiary/aromatic N) is 2. The van der Waals surface area contributed by atoms with Crippen LogP contribution in [0.15, 0.2) is 36.5 Å². The van der Waals surface area contributed by atoms with E-state index in [0.717, 1.165) is 18.4 Å². The number of methoxy groups -OCH3 is 1. The van der Waals surface area contributed by atoms with Gasteiger partial charge in [0.1, 0.15) is 0 Å². The minimum Gasteiger partial charge on any atom is -0.490 e. The van der Waals surface area contributed by atoms with Gasteiger partial charge in [0.15, 0.2) is 5.75 Å². The third-order valence-corrected chi connectivity index (χ3v) is 3.66. The molecular formula is C18H21N3O5. The van der Waals surface area contributed by atoms with E-state index in [1.807, 2.05) is 6.07 Å². The average Bonchev–Trinajstić information content (AvgIpc) is 2.66. The van der Waals surface area contributed by atoms with E-state index in [1.54, 1.807) is 12.3 Å². The molecule has 138 valence electrons. The molecule has 0 atom stereocenters. The first kappa shape index (κ1) is 19.2. The molecule has 1 N–H and O–H groups in total. The van der Waals surface area contributed by atoms with E-state index < -0.39 is 10.8 Å². The molecule has 8 heteroatoms. The molecule has 0 aliphatic heterocycles. The van der Waals surface area contributed by atoms with E-state index in [2.05, 4.69) is 17.2 Å². The highest BCUT2D eigenvalue weighted by molar-refractivity contribution is 5.95. The van der Waals surface area contributed by atoms with Crippen molar-refractivity contribution in [3.05, 3.63) is 57.8 Å². The maximum atomic E-state index is 12.3. The van der Waals surface area contributed by atoms with Crippen molar-refractivity contribution in [3.63, 3.8) is 0 Å². The van der Waals surface area contributed by atoms with Crippen molar-refractivity contribution in [2.24, 2.45) is 0 Å². The molecule has 0 saturated heterocycles. The lowest BCUT2D eigenvalue weighted by Gasteiger charge is -2.11. The summed E-state index contributed by atoms with van der Waals surface area (Å²) in [5.74, 6) is 0.145. The summed E-state index contributed by atoms with van der Waals surface area (Å²) in [4.78, 5) is 27.0. The second-order valence-corrected chi connectivity index (χ2v) is 5.50. The first-order valence-electron chi connectivity index (χ1n) is 8.24. The molecule has 1 aromatic heterocycles. The second kappa shape index (κ2) is 9.36. The van der Waals surface area contributed by atoms with Crippen LogP contribution < -0.4 is 14.8 Å². The van der Waals surface area contributed by atoms with Crippen molar-refractivity contribution in [1.82, 2.24) is 10.3 Å². The number of hydrogen-bond acceptors (Lipinski definition) is 6. The van der Waals surface area contributed by atoms with Crippen LogP contribution in [0, 0.1) is 10.1 Å². The highest BCUT2D eigenvalue weighted by Crippen LogP contribution is 2.27. The highest BCUT2D eigenvalue weighted by Gasteiger charge is 2.18. The van der Waals surface area contributed by atoms with Gasteiger partial charge >= 0.3 is 5.69 Å². The van der Waals surface area contributed by atoms with E-state index >= 15 is 0 Å². The van der Waals surface area contributed by atoms with Gasteiger partial charge in [0.25, 0.3) is 5.91 Å². The Kier molecular flexibility index (Phi) is 6.90. The SMILES string of the molecule is CCCCOc1ncccc1CNC(=O)c1ccc(OC)c([N+](=O)[O-])c1. The van der Waals surface area contributed by atoms with E-state index in [0.29, 0.717) is 12.5 Å². The molecule has 0 aliphatic rings. The lowest BCUT2D eigenvalue weighted by Crippen LogP contribution is -2.23. The minimum atomic E-state index is -0.587. The molecule has 26 heavy (non-hydrogen) atoms. The molecule has 1 amide bonds. The van der Waals surface area contributed by atoms with Crippen molar-refractivity contribution in [3.8, 4) is 11.6 Å². The normalized spacial score (nSPS) is 10.2. The molecule has 8 nitrogen and oxygen atoms in total. The topological polar surface area (TPSA) is 104 Å². The number of amides is 1. The molecule has 0 bridgehead atoms. The van der Waals surface area contributed by atoms with Crippen LogP contribution in [0.2, 0.25) is 0 Å². The number of nitro groups is 1. The molecule has 0 unspecified atom stereocenters. The fourth-order valence-electron chi connectivity index (χ4n) is 2.25. The summed E-state index contributed by atoms with van der Waals surface area (Å²) in [6, 6.07) is 7.63. The number of hydrogen-bond donors (Lipinski definition) is 1. The van der Waals surface area contributed by atoms with Crippen molar-refractivity contribution in [2.75, 3.05) is 13.7 Å². The van der Waals surface area contributed by atoms with Crippen LogP contribution in [-0.4, -0.2) is 29.5 Å². The zero-order chi connectivity index (χ0) is 18.9. The minimum absolute atomic E-state index is 0.102. The van der Waals surface area contributed by atoms with Gasteiger partial charge in [-0.15, -0.1) is 0 Å². The molecule has 2 rings (SSSR count). The number of nitrogens with one attached hydrogen (secondary N) is 1. The van der Waals surface area contributed by atoms with Gasteiger partial charge in [0, 0.05) is 29.9 Å². The van der Waals surface area contributed by atoms with Gasteiger partial charge in [-0.3, -0.25) is 14.9 Å². The van der Waals surface area contributed by atoms with Crippen molar-refractivity contribution < 1.29 is 19.2 Å². The summed E-state index contributed by atoms with van der Waals surface area (Å²) >= 11 is 0. The van der Waals surface area contributed by atoms with Crippen molar-refractivity contribution in [2.45, 2.75) is 26.3 Å². The van der Waals surface area contributed by atoms with Crippen LogP contribution in [0.5, 0.6) is 11.6 Å². The van der Waals surface area contributed by atoms with Crippen LogP contribution >= 0.6 is 0 Å². The highest BCUT2D eigenvalue weighted by atomic mass is 16.6. The number of pyridine rings is 1. The first-order chi connectivity index (χ1) is 12.6. The van der Waals surface area contributed by atoms with E-state index in [-0.39, 0.29) is 23.5 Å². The number of unbranched alkanes of at least 4 members (excludes halogenated alkanes) is 1. The molecule has 0 spiro atoms. The summed E-state index contributed by atoms with van der Waals surface area (Å²) < 4.78 is 10.6. The van der Waals surface area contributed by atoms with Crippen LogP contribution in [0.25, 0.3) is 0 Å². The number of aromatic nitrogens is 1. The fraction of sp³-hybridized carbons (Fsp3) is 0.333. The molecule has 0 fully saturated rings. The van der Waals surface area contributed by atoms with Crippen molar-refractivity contribution in [1.29, 1.82) is 0 Å². The third-order valence-electron chi connectivity index (χ3n) is 3.66. The van der Waals surface area contributed by atoms with Gasteiger partial charge in [0.2, 0.25) is 5.88 Å². The Morgan fingerprint density at radius 3 is 2.85 bits per heavy atom. The number of nitro benzene ring substituents is 1. The Morgan fingerprint density at radius 2 is 2.15 bits per heavy atom. The lowest BCUT2D eigenvalue weighted by atomic mass is 10.1. The second-order valence-electron chi connectivity index (χ2n) is 5.50. The van der Waals surface area contributed by atoms with Crippen LogP contribution in [0.3, 0.4) is 0 Å². The molecule has 1 heterocycles. The third kappa shape index (κ3) is 4.92.